The van der Waals surface area contributed by atoms with Crippen molar-refractivity contribution in [2.24, 2.45) is 0 Å². The van der Waals surface area contributed by atoms with Gasteiger partial charge in [0.05, 0.1) is 19.1 Å². The maximum Gasteiger partial charge on any atom is 0.240 e. The summed E-state index contributed by atoms with van der Waals surface area (Å²) >= 11 is 0. The third-order valence-corrected chi connectivity index (χ3v) is 5.39. The topological polar surface area (TPSA) is 93.7 Å². The number of carbonyl (C=O) groups excluding carboxylic acids is 1. The van der Waals surface area contributed by atoms with Crippen LogP contribution >= 0.6 is 0 Å². The minimum atomic E-state index is -3.62. The van der Waals surface area contributed by atoms with E-state index in [4.69, 9.17) is 9.47 Å². The van der Waals surface area contributed by atoms with Crippen molar-refractivity contribution in [3.8, 4) is 11.5 Å². The Bertz CT molecular complexity index is 879. The van der Waals surface area contributed by atoms with Crippen molar-refractivity contribution in [2.75, 3.05) is 20.8 Å². The molecule has 0 saturated carbocycles. The van der Waals surface area contributed by atoms with Crippen LogP contribution in [0.4, 0.5) is 0 Å². The zero-order chi connectivity index (χ0) is 19.9. The maximum absolute atomic E-state index is 12.2. The van der Waals surface area contributed by atoms with Gasteiger partial charge in [0.25, 0.3) is 0 Å². The molecule has 27 heavy (non-hydrogen) atoms. The molecule has 0 fully saturated rings. The first-order valence-electron chi connectivity index (χ1n) is 8.39. The molecule has 2 aromatic carbocycles. The van der Waals surface area contributed by atoms with E-state index in [1.54, 1.807) is 38.5 Å². The molecule has 7 nitrogen and oxygen atoms in total. The van der Waals surface area contributed by atoms with Gasteiger partial charge in [-0.2, -0.15) is 0 Å². The maximum atomic E-state index is 12.2. The molecule has 1 amide bonds. The summed E-state index contributed by atoms with van der Waals surface area (Å²) in [6.45, 7) is 2.21. The van der Waals surface area contributed by atoms with Gasteiger partial charge in [0.15, 0.2) is 11.5 Å². The number of hydrogen-bond acceptors (Lipinski definition) is 5. The van der Waals surface area contributed by atoms with Crippen molar-refractivity contribution in [3.63, 3.8) is 0 Å². The highest BCUT2D eigenvalue weighted by atomic mass is 32.2. The molecular weight excluding hydrogens is 368 g/mol. The van der Waals surface area contributed by atoms with E-state index < -0.39 is 10.0 Å². The third-order valence-electron chi connectivity index (χ3n) is 3.91. The number of nitrogens with one attached hydrogen (secondary N) is 2. The number of carbonyl (C=O) groups is 1. The van der Waals surface area contributed by atoms with Crippen molar-refractivity contribution in [1.29, 1.82) is 0 Å². The van der Waals surface area contributed by atoms with Crippen LogP contribution in [0.25, 0.3) is 0 Å². The Hall–Kier alpha value is -2.58. The summed E-state index contributed by atoms with van der Waals surface area (Å²) in [5, 5.41) is 2.75. The second kappa shape index (κ2) is 9.38. The van der Waals surface area contributed by atoms with Gasteiger partial charge < -0.3 is 14.8 Å². The lowest BCUT2D eigenvalue weighted by molar-refractivity contribution is -0.121. The smallest absolute Gasteiger partial charge is 0.240 e. The number of hydrogen-bond donors (Lipinski definition) is 2. The molecule has 0 atom stereocenters. The average molecular weight is 392 g/mol. The Labute approximate surface area is 159 Å². The molecule has 2 N–H and O–H groups in total. The van der Waals surface area contributed by atoms with Crippen LogP contribution in [0.15, 0.2) is 47.4 Å². The largest absolute Gasteiger partial charge is 0.493 e. The first kappa shape index (κ1) is 20.7. The minimum Gasteiger partial charge on any atom is -0.493 e. The molecule has 0 aliphatic rings. The monoisotopic (exact) mass is 392 g/mol. The van der Waals surface area contributed by atoms with E-state index in [0.717, 1.165) is 11.1 Å². The molecular formula is C19H24N2O5S. The molecule has 0 unspecified atom stereocenters. The molecule has 0 saturated heterocycles. The molecule has 146 valence electrons. The zero-order valence-corrected chi connectivity index (χ0v) is 16.4. The van der Waals surface area contributed by atoms with E-state index in [9.17, 15) is 13.2 Å². The Morgan fingerprint density at radius 1 is 1.00 bits per heavy atom. The number of ether oxygens (including phenoxy) is 2. The van der Waals surface area contributed by atoms with Crippen molar-refractivity contribution in [3.05, 3.63) is 53.6 Å². The highest BCUT2D eigenvalue weighted by Gasteiger charge is 2.14. The van der Waals surface area contributed by atoms with Crippen LogP contribution in [-0.4, -0.2) is 35.1 Å². The highest BCUT2D eigenvalue weighted by Crippen LogP contribution is 2.27. The average Bonchev–Trinajstić information content (AvgIpc) is 2.66. The lowest BCUT2D eigenvalue weighted by Gasteiger charge is -2.11. The normalized spacial score (nSPS) is 11.1. The standard InChI is InChI=1S/C19H24N2O5S/c1-14-4-7-16(8-5-14)27(23,24)21-11-10-19(22)20-13-15-6-9-17(25-2)18(12-15)26-3/h4-9,12,21H,10-11,13H2,1-3H3,(H,20,22). The molecule has 0 bridgehead atoms. The van der Waals surface area contributed by atoms with Gasteiger partial charge in [-0.1, -0.05) is 23.8 Å². The number of methoxy groups -OCH3 is 2. The first-order valence-corrected chi connectivity index (χ1v) is 9.88. The van der Waals surface area contributed by atoms with Crippen molar-refractivity contribution < 1.29 is 22.7 Å². The molecule has 0 aliphatic carbocycles. The summed E-state index contributed by atoms with van der Waals surface area (Å²) < 4.78 is 37.2. The molecule has 0 aliphatic heterocycles. The fourth-order valence-corrected chi connectivity index (χ4v) is 3.41. The molecule has 0 spiro atoms. The van der Waals surface area contributed by atoms with Gasteiger partial charge in [-0.3, -0.25) is 4.79 Å². The minimum absolute atomic E-state index is 0.0218. The van der Waals surface area contributed by atoms with E-state index in [1.807, 2.05) is 13.0 Å². The number of benzene rings is 2. The van der Waals surface area contributed by atoms with Crippen LogP contribution in [0.2, 0.25) is 0 Å². The lowest BCUT2D eigenvalue weighted by Crippen LogP contribution is -2.30. The fraction of sp³-hybridized carbons (Fsp3) is 0.316. The fourth-order valence-electron chi connectivity index (χ4n) is 2.38. The van der Waals surface area contributed by atoms with E-state index in [2.05, 4.69) is 10.0 Å². The van der Waals surface area contributed by atoms with Gasteiger partial charge in [-0.05, 0) is 36.8 Å². The summed E-state index contributed by atoms with van der Waals surface area (Å²) in [7, 11) is -0.522. The number of amides is 1. The van der Waals surface area contributed by atoms with Crippen LogP contribution < -0.4 is 19.5 Å². The Morgan fingerprint density at radius 2 is 1.67 bits per heavy atom. The second-order valence-corrected chi connectivity index (χ2v) is 7.69. The highest BCUT2D eigenvalue weighted by molar-refractivity contribution is 7.89. The van der Waals surface area contributed by atoms with Gasteiger partial charge in [0, 0.05) is 19.5 Å². The van der Waals surface area contributed by atoms with E-state index >= 15 is 0 Å². The zero-order valence-electron chi connectivity index (χ0n) is 15.6. The molecule has 2 aromatic rings. The Balaban J connectivity index is 1.82. The molecule has 8 heteroatoms. The number of rotatable bonds is 9. The molecule has 0 heterocycles. The summed E-state index contributed by atoms with van der Waals surface area (Å²) in [5.41, 5.74) is 1.82. The van der Waals surface area contributed by atoms with Crippen molar-refractivity contribution in [1.82, 2.24) is 10.0 Å². The predicted molar refractivity (Wildman–Crippen MR) is 102 cm³/mol. The van der Waals surface area contributed by atoms with Crippen LogP contribution in [0.1, 0.15) is 17.5 Å². The lowest BCUT2D eigenvalue weighted by atomic mass is 10.2. The van der Waals surface area contributed by atoms with Crippen LogP contribution in [0.5, 0.6) is 11.5 Å². The van der Waals surface area contributed by atoms with Crippen molar-refractivity contribution in [2.45, 2.75) is 24.8 Å². The third kappa shape index (κ3) is 5.97. The van der Waals surface area contributed by atoms with Crippen LogP contribution in [-0.2, 0) is 21.4 Å². The van der Waals surface area contributed by atoms with E-state index in [-0.39, 0.29) is 23.8 Å². The SMILES string of the molecule is COc1ccc(CNC(=O)CCNS(=O)(=O)c2ccc(C)cc2)cc1OC. The second-order valence-electron chi connectivity index (χ2n) is 5.93. The van der Waals surface area contributed by atoms with Crippen LogP contribution in [0, 0.1) is 6.92 Å². The van der Waals surface area contributed by atoms with Gasteiger partial charge in [0.2, 0.25) is 15.9 Å². The molecule has 0 radical (unpaired) electrons. The quantitative estimate of drug-likeness (QED) is 0.681. The van der Waals surface area contributed by atoms with Gasteiger partial charge >= 0.3 is 0 Å². The van der Waals surface area contributed by atoms with Gasteiger partial charge in [-0.25, -0.2) is 13.1 Å². The first-order chi connectivity index (χ1) is 12.9. The summed E-state index contributed by atoms with van der Waals surface area (Å²) in [5.74, 6) is 0.935. The summed E-state index contributed by atoms with van der Waals surface area (Å²) in [4.78, 5) is 12.1. The Morgan fingerprint density at radius 3 is 2.30 bits per heavy atom. The Kier molecular flexibility index (Phi) is 7.20. The predicted octanol–water partition coefficient (Wildman–Crippen LogP) is 2.00. The van der Waals surface area contributed by atoms with Crippen LogP contribution in [0.3, 0.4) is 0 Å². The van der Waals surface area contributed by atoms with Crippen molar-refractivity contribution >= 4 is 15.9 Å². The van der Waals surface area contributed by atoms with Gasteiger partial charge in [-0.15, -0.1) is 0 Å². The number of sulfonamides is 1. The van der Waals surface area contributed by atoms with E-state index in [1.165, 1.54) is 12.1 Å². The molecule has 2 rings (SSSR count). The van der Waals surface area contributed by atoms with E-state index in [0.29, 0.717) is 18.0 Å². The van der Waals surface area contributed by atoms with Gasteiger partial charge in [0.1, 0.15) is 0 Å². The number of aryl methyl sites for hydroxylation is 1. The molecule has 0 aromatic heterocycles. The summed E-state index contributed by atoms with van der Waals surface area (Å²) in [6.07, 6.45) is 0.0401. The summed E-state index contributed by atoms with van der Waals surface area (Å²) in [6, 6.07) is 11.9.